The Morgan fingerprint density at radius 1 is 1.34 bits per heavy atom. The third-order valence-corrected chi connectivity index (χ3v) is 5.89. The van der Waals surface area contributed by atoms with Gasteiger partial charge in [-0.1, -0.05) is 6.08 Å². The van der Waals surface area contributed by atoms with Crippen molar-refractivity contribution in [1.29, 1.82) is 0 Å². The lowest BCUT2D eigenvalue weighted by atomic mass is 9.96. The van der Waals surface area contributed by atoms with Crippen molar-refractivity contribution < 1.29 is 9.53 Å². The highest BCUT2D eigenvalue weighted by molar-refractivity contribution is 5.89. The Hall–Kier alpha value is -2.97. The van der Waals surface area contributed by atoms with E-state index in [2.05, 4.69) is 34.4 Å². The molecule has 1 aromatic heterocycles. The molecule has 2 amide bonds. The molecule has 1 saturated heterocycles. The molecule has 3 N–H and O–H groups in total. The van der Waals surface area contributed by atoms with Crippen LogP contribution in [0.15, 0.2) is 36.9 Å². The Morgan fingerprint density at radius 3 is 2.88 bits per heavy atom. The quantitative estimate of drug-likeness (QED) is 0.602. The van der Waals surface area contributed by atoms with Crippen LogP contribution in [0, 0.1) is 0 Å². The lowest BCUT2D eigenvalue weighted by Gasteiger charge is -2.37. The van der Waals surface area contributed by atoms with Crippen LogP contribution in [0.4, 0.5) is 16.3 Å². The van der Waals surface area contributed by atoms with Crippen LogP contribution in [-0.2, 0) is 11.2 Å². The molecule has 8 nitrogen and oxygen atoms in total. The fourth-order valence-electron chi connectivity index (χ4n) is 4.29. The maximum absolute atomic E-state index is 11.8. The van der Waals surface area contributed by atoms with Crippen LogP contribution in [0.25, 0.3) is 11.4 Å². The molecule has 2 aliphatic rings. The minimum absolute atomic E-state index is 0.131. The van der Waals surface area contributed by atoms with Gasteiger partial charge < -0.3 is 25.6 Å². The zero-order valence-electron chi connectivity index (χ0n) is 18.9. The van der Waals surface area contributed by atoms with E-state index >= 15 is 0 Å². The number of urea groups is 1. The van der Waals surface area contributed by atoms with Crippen LogP contribution in [0.2, 0.25) is 0 Å². The van der Waals surface area contributed by atoms with E-state index < -0.39 is 0 Å². The molecule has 170 valence electrons. The number of fused-ring (bicyclic) bond motifs is 1. The fraction of sp³-hybridized carbons (Fsp3) is 0.458. The van der Waals surface area contributed by atoms with Gasteiger partial charge in [0, 0.05) is 36.4 Å². The number of hydrogen-bond donors (Lipinski definition) is 3. The normalized spacial score (nSPS) is 20.4. The molecule has 2 unspecified atom stereocenters. The van der Waals surface area contributed by atoms with Crippen molar-refractivity contribution in [3.05, 3.63) is 48.2 Å². The van der Waals surface area contributed by atoms with Gasteiger partial charge >= 0.3 is 6.03 Å². The van der Waals surface area contributed by atoms with E-state index in [1.165, 1.54) is 5.56 Å². The van der Waals surface area contributed by atoms with Crippen LogP contribution in [0.3, 0.4) is 0 Å². The highest BCUT2D eigenvalue weighted by Gasteiger charge is 2.30. The first-order chi connectivity index (χ1) is 15.6. The lowest BCUT2D eigenvalue weighted by molar-refractivity contribution is 0.0984. The first-order valence-electron chi connectivity index (χ1n) is 11.4. The number of nitrogens with one attached hydrogen (secondary N) is 3. The molecule has 0 aliphatic carbocycles. The van der Waals surface area contributed by atoms with E-state index in [-0.39, 0.29) is 18.1 Å². The number of nitrogens with zero attached hydrogens (tertiary/aromatic N) is 3. The Morgan fingerprint density at radius 2 is 2.16 bits per heavy atom. The number of ether oxygens (including phenoxy) is 1. The maximum atomic E-state index is 11.8. The second-order valence-electron chi connectivity index (χ2n) is 8.19. The summed E-state index contributed by atoms with van der Waals surface area (Å²) in [6.07, 6.45) is 3.66. The zero-order chi connectivity index (χ0) is 22.5. The summed E-state index contributed by atoms with van der Waals surface area (Å²) in [6.45, 7) is 11.7. The molecule has 32 heavy (non-hydrogen) atoms. The predicted molar refractivity (Wildman–Crippen MR) is 127 cm³/mol. The van der Waals surface area contributed by atoms with Crippen LogP contribution in [-0.4, -0.2) is 54.9 Å². The third-order valence-electron chi connectivity index (χ3n) is 5.89. The van der Waals surface area contributed by atoms with Crippen molar-refractivity contribution in [2.45, 2.75) is 38.8 Å². The molecule has 2 atom stereocenters. The molecule has 0 spiro atoms. The number of morpholine rings is 1. The van der Waals surface area contributed by atoms with Gasteiger partial charge in [0.2, 0.25) is 0 Å². The summed E-state index contributed by atoms with van der Waals surface area (Å²) in [5, 5.41) is 9.14. The second kappa shape index (κ2) is 10.1. The molecule has 8 heteroatoms. The van der Waals surface area contributed by atoms with E-state index in [0.717, 1.165) is 48.7 Å². The molecule has 3 heterocycles. The largest absolute Gasteiger partial charge is 0.377 e. The van der Waals surface area contributed by atoms with Gasteiger partial charge in [-0.2, -0.15) is 0 Å². The van der Waals surface area contributed by atoms with Gasteiger partial charge in [0.25, 0.3) is 0 Å². The highest BCUT2D eigenvalue weighted by atomic mass is 16.5. The van der Waals surface area contributed by atoms with Crippen molar-refractivity contribution in [1.82, 2.24) is 20.6 Å². The van der Waals surface area contributed by atoms with Gasteiger partial charge in [-0.3, -0.25) is 0 Å². The lowest BCUT2D eigenvalue weighted by Crippen LogP contribution is -2.45. The van der Waals surface area contributed by atoms with Crippen molar-refractivity contribution in [3.63, 3.8) is 0 Å². The number of carbonyl (C=O) groups is 1. The van der Waals surface area contributed by atoms with Gasteiger partial charge in [0.05, 0.1) is 31.0 Å². The number of aromatic nitrogens is 2. The Bertz CT molecular complexity index is 962. The summed E-state index contributed by atoms with van der Waals surface area (Å²) in [5.41, 5.74) is 3.92. The summed E-state index contributed by atoms with van der Waals surface area (Å²) in [6, 6.07) is 7.84. The van der Waals surface area contributed by atoms with Gasteiger partial charge in [-0.05, 0) is 51.0 Å². The van der Waals surface area contributed by atoms with Crippen molar-refractivity contribution >= 4 is 17.5 Å². The topological polar surface area (TPSA) is 91.4 Å². The molecule has 2 aliphatic heterocycles. The summed E-state index contributed by atoms with van der Waals surface area (Å²) in [4.78, 5) is 24.2. The fourth-order valence-corrected chi connectivity index (χ4v) is 4.29. The van der Waals surface area contributed by atoms with Gasteiger partial charge in [-0.25, -0.2) is 14.8 Å². The highest BCUT2D eigenvalue weighted by Crippen LogP contribution is 2.34. The number of benzene rings is 1. The number of amides is 2. The Labute approximate surface area is 189 Å². The van der Waals surface area contributed by atoms with Crippen LogP contribution >= 0.6 is 0 Å². The monoisotopic (exact) mass is 436 g/mol. The van der Waals surface area contributed by atoms with Crippen LogP contribution < -0.4 is 20.9 Å². The van der Waals surface area contributed by atoms with Gasteiger partial charge in [0.15, 0.2) is 5.82 Å². The van der Waals surface area contributed by atoms with Crippen molar-refractivity contribution in [3.8, 4) is 11.4 Å². The van der Waals surface area contributed by atoms with Crippen molar-refractivity contribution in [2.24, 2.45) is 0 Å². The summed E-state index contributed by atoms with van der Waals surface area (Å²) in [7, 11) is 0. The average molecular weight is 437 g/mol. The first-order valence-corrected chi connectivity index (χ1v) is 11.4. The SMILES string of the molecule is C=CCC1NCCc2c1nc(-c1ccc(NC(=O)NCC)cc1)nc2N1CCOCC1C. The molecule has 0 saturated carbocycles. The standard InChI is InChI=1S/C24H32N6O2/c1-4-6-20-21-19(11-12-26-20)23(30-13-14-32-15-16(30)3)29-22(28-21)17-7-9-18(10-8-17)27-24(31)25-5-2/h4,7-10,16,20,26H,1,5-6,11-15H2,2-3H3,(H2,25,27,31). The first kappa shape index (κ1) is 22.2. The molecule has 1 aromatic carbocycles. The smallest absolute Gasteiger partial charge is 0.319 e. The second-order valence-corrected chi connectivity index (χ2v) is 8.19. The maximum Gasteiger partial charge on any atom is 0.319 e. The summed E-state index contributed by atoms with van der Waals surface area (Å²) in [5.74, 6) is 1.71. The van der Waals surface area contributed by atoms with E-state index in [1.54, 1.807) is 0 Å². The van der Waals surface area contributed by atoms with E-state index in [1.807, 2.05) is 37.3 Å². The minimum atomic E-state index is -0.216. The van der Waals surface area contributed by atoms with E-state index in [0.29, 0.717) is 25.6 Å². The molecule has 1 fully saturated rings. The van der Waals surface area contributed by atoms with Crippen molar-refractivity contribution in [2.75, 3.05) is 43.1 Å². The van der Waals surface area contributed by atoms with E-state index in [4.69, 9.17) is 14.7 Å². The number of rotatable bonds is 6. The van der Waals surface area contributed by atoms with Crippen LogP contribution in [0.1, 0.15) is 37.6 Å². The molecular formula is C24H32N6O2. The molecule has 2 aromatic rings. The van der Waals surface area contributed by atoms with Gasteiger partial charge in [0.1, 0.15) is 5.82 Å². The molecule has 0 bridgehead atoms. The Balaban J connectivity index is 1.72. The van der Waals surface area contributed by atoms with E-state index in [9.17, 15) is 4.79 Å². The number of anilines is 2. The predicted octanol–water partition coefficient (Wildman–Crippen LogP) is 3.27. The number of carbonyl (C=O) groups excluding carboxylic acids is 1. The summed E-state index contributed by atoms with van der Waals surface area (Å²) < 4.78 is 5.66. The Kier molecular flexibility index (Phi) is 7.02. The van der Waals surface area contributed by atoms with Gasteiger partial charge in [-0.15, -0.1) is 6.58 Å². The molecule has 0 radical (unpaired) electrons. The molecular weight excluding hydrogens is 404 g/mol. The molecule has 4 rings (SSSR count). The average Bonchev–Trinajstić information content (AvgIpc) is 2.80. The summed E-state index contributed by atoms with van der Waals surface area (Å²) >= 11 is 0. The third kappa shape index (κ3) is 4.76. The van der Waals surface area contributed by atoms with Crippen LogP contribution in [0.5, 0.6) is 0 Å². The minimum Gasteiger partial charge on any atom is -0.377 e. The zero-order valence-corrected chi connectivity index (χ0v) is 18.9. The number of hydrogen-bond acceptors (Lipinski definition) is 6.